The molecule has 1 unspecified atom stereocenters. The molecule has 2 N–H and O–H groups in total. The number of nitrogens with zero attached hydrogens (tertiary/aromatic N) is 3. The summed E-state index contributed by atoms with van der Waals surface area (Å²) in [6, 6.07) is 12.6. The van der Waals surface area contributed by atoms with Crippen LogP contribution in [0.1, 0.15) is 142 Å². The van der Waals surface area contributed by atoms with Crippen molar-refractivity contribution in [3.8, 4) is 5.75 Å². The smallest absolute Gasteiger partial charge is 0.262 e. The largest absolute Gasteiger partial charge is 0.508 e. The van der Waals surface area contributed by atoms with Gasteiger partial charge in [0.1, 0.15) is 11.8 Å². The number of benzene rings is 2. The van der Waals surface area contributed by atoms with E-state index in [0.29, 0.717) is 22.8 Å². The number of carbonyl (C=O) groups excluding carboxylic acids is 4. The first-order valence-electron chi connectivity index (χ1n) is 21.2. The van der Waals surface area contributed by atoms with Gasteiger partial charge in [-0.15, -0.1) is 0 Å². The molecule has 0 radical (unpaired) electrons. The van der Waals surface area contributed by atoms with Gasteiger partial charge in [0.15, 0.2) is 0 Å². The number of nitrogens with one attached hydrogen (secondary N) is 1. The molecule has 7 rings (SSSR count). The van der Waals surface area contributed by atoms with Gasteiger partial charge in [0.25, 0.3) is 11.8 Å². The molecule has 290 valence electrons. The molecular formula is C45H60N4O5. The van der Waals surface area contributed by atoms with Crippen molar-refractivity contribution >= 4 is 34.9 Å². The fourth-order valence-electron chi connectivity index (χ4n) is 10.2. The van der Waals surface area contributed by atoms with E-state index in [1.54, 1.807) is 23.3 Å². The Kier molecular flexibility index (Phi) is 12.5. The van der Waals surface area contributed by atoms with Crippen LogP contribution >= 0.6 is 0 Å². The molecule has 0 aromatic heterocycles. The lowest BCUT2D eigenvalue weighted by Crippen LogP contribution is -2.54. The fourth-order valence-corrected chi connectivity index (χ4v) is 10.2. The van der Waals surface area contributed by atoms with Crippen LogP contribution in [0.2, 0.25) is 0 Å². The normalized spacial score (nSPS) is 24.8. The number of amides is 4. The number of hydrogen-bond acceptors (Lipinski definition) is 7. The molecule has 2 aliphatic carbocycles. The van der Waals surface area contributed by atoms with Gasteiger partial charge in [-0.25, -0.2) is 0 Å². The quantitative estimate of drug-likeness (QED) is 0.158. The topological polar surface area (TPSA) is 110 Å². The number of fused-ring (bicyclic) bond motifs is 1. The average molecular weight is 737 g/mol. The molecule has 5 aliphatic rings. The van der Waals surface area contributed by atoms with E-state index in [9.17, 15) is 24.3 Å². The summed E-state index contributed by atoms with van der Waals surface area (Å²) < 4.78 is 0. The van der Waals surface area contributed by atoms with Gasteiger partial charge in [0.2, 0.25) is 11.8 Å². The summed E-state index contributed by atoms with van der Waals surface area (Å²) >= 11 is 0. The Balaban J connectivity index is 0.817. The predicted molar refractivity (Wildman–Crippen MR) is 212 cm³/mol. The van der Waals surface area contributed by atoms with Crippen LogP contribution in [0.3, 0.4) is 0 Å². The van der Waals surface area contributed by atoms with Crippen molar-refractivity contribution in [2.24, 2.45) is 17.8 Å². The molecule has 0 bridgehead atoms. The molecule has 9 nitrogen and oxygen atoms in total. The first-order valence-corrected chi connectivity index (χ1v) is 21.2. The summed E-state index contributed by atoms with van der Waals surface area (Å²) in [4.78, 5) is 56.2. The second-order valence-electron chi connectivity index (χ2n) is 16.6. The Morgan fingerprint density at radius 3 is 2.15 bits per heavy atom. The number of aromatic hydroxyl groups is 1. The van der Waals surface area contributed by atoms with Gasteiger partial charge < -0.3 is 10.0 Å². The second-order valence-corrected chi connectivity index (χ2v) is 16.6. The third kappa shape index (κ3) is 8.61. The molecule has 3 aliphatic heterocycles. The van der Waals surface area contributed by atoms with E-state index in [1.807, 2.05) is 18.2 Å². The minimum atomic E-state index is -0.943. The van der Waals surface area contributed by atoms with Crippen molar-refractivity contribution in [1.29, 1.82) is 0 Å². The molecule has 4 fully saturated rings. The van der Waals surface area contributed by atoms with Gasteiger partial charge in [-0.3, -0.25) is 34.3 Å². The molecule has 2 aromatic carbocycles. The minimum absolute atomic E-state index is 0.115. The van der Waals surface area contributed by atoms with Crippen molar-refractivity contribution in [1.82, 2.24) is 15.1 Å². The monoisotopic (exact) mass is 736 g/mol. The lowest BCUT2D eigenvalue weighted by atomic mass is 9.70. The number of piperazine rings is 1. The number of imide groups is 2. The van der Waals surface area contributed by atoms with E-state index in [2.05, 4.69) is 34.2 Å². The molecule has 4 amide bonds. The van der Waals surface area contributed by atoms with Gasteiger partial charge in [-0.1, -0.05) is 69.6 Å². The van der Waals surface area contributed by atoms with Crippen LogP contribution in [0.25, 0.3) is 5.57 Å². The van der Waals surface area contributed by atoms with Crippen molar-refractivity contribution in [3.63, 3.8) is 0 Å². The van der Waals surface area contributed by atoms with E-state index in [1.165, 1.54) is 95.5 Å². The number of phenols is 1. The van der Waals surface area contributed by atoms with Gasteiger partial charge in [-0.05, 0) is 124 Å². The number of phenolic OH excluding ortho intramolecular Hbond substituents is 1. The number of carbonyl (C=O) groups is 4. The minimum Gasteiger partial charge on any atom is -0.508 e. The third-order valence-corrected chi connectivity index (χ3v) is 13.3. The maximum absolute atomic E-state index is 13.3. The number of hydrogen-bond donors (Lipinski definition) is 2. The highest BCUT2D eigenvalue weighted by molar-refractivity contribution is 6.23. The molecule has 2 saturated heterocycles. The summed E-state index contributed by atoms with van der Waals surface area (Å²) in [5.74, 6) is 0.719. The Bertz CT molecular complexity index is 1700. The van der Waals surface area contributed by atoms with Gasteiger partial charge in [-0.2, -0.15) is 0 Å². The highest BCUT2D eigenvalue weighted by Gasteiger charge is 2.45. The Morgan fingerprint density at radius 2 is 1.44 bits per heavy atom. The SMILES string of the molecule is CC/C(=C(\c1ccc(O)cc1)C1CCC(CCCCCCN2CCN(c3ccc4c(c3)C(=O)N(C3CCC(=O)NC3=O)C4=O)CC2)CC1)C1CCCCC1. The maximum atomic E-state index is 13.3. The summed E-state index contributed by atoms with van der Waals surface area (Å²) in [6.07, 6.45) is 20.0. The summed E-state index contributed by atoms with van der Waals surface area (Å²) in [7, 11) is 0. The van der Waals surface area contributed by atoms with Crippen molar-refractivity contribution in [3.05, 3.63) is 64.7 Å². The van der Waals surface area contributed by atoms with E-state index >= 15 is 0 Å². The number of allylic oxidation sites excluding steroid dienone is 2. The molecule has 0 spiro atoms. The van der Waals surface area contributed by atoms with Crippen molar-refractivity contribution in [2.75, 3.05) is 37.6 Å². The summed E-state index contributed by atoms with van der Waals surface area (Å²) in [5.41, 5.74) is 6.28. The third-order valence-electron chi connectivity index (χ3n) is 13.3. The van der Waals surface area contributed by atoms with Crippen LogP contribution in [0, 0.1) is 17.8 Å². The summed E-state index contributed by atoms with van der Waals surface area (Å²) in [5, 5.41) is 12.3. The number of rotatable bonds is 13. The molecule has 3 heterocycles. The van der Waals surface area contributed by atoms with Crippen LogP contribution in [0.15, 0.2) is 48.0 Å². The highest BCUT2D eigenvalue weighted by Crippen LogP contribution is 2.45. The summed E-state index contributed by atoms with van der Waals surface area (Å²) in [6.45, 7) is 7.15. The molecule has 2 aromatic rings. The Hall–Kier alpha value is -3.98. The van der Waals surface area contributed by atoms with E-state index < -0.39 is 23.8 Å². The number of unbranched alkanes of at least 4 members (excludes halogenated alkanes) is 3. The fraction of sp³-hybridized carbons (Fsp3) is 0.600. The molecule has 1 atom stereocenters. The Labute approximate surface area is 321 Å². The van der Waals surface area contributed by atoms with Crippen molar-refractivity contribution < 1.29 is 24.3 Å². The van der Waals surface area contributed by atoms with E-state index in [-0.39, 0.29) is 18.7 Å². The van der Waals surface area contributed by atoms with Crippen molar-refractivity contribution in [2.45, 2.75) is 122 Å². The molecule has 9 heteroatoms. The maximum Gasteiger partial charge on any atom is 0.262 e. The average Bonchev–Trinajstić information content (AvgIpc) is 3.44. The standard InChI is InChI=1S/C45H60N4O5/c1-2-37(32-11-7-5-8-12-32)42(34-17-20-36(50)21-18-34)33-15-13-31(14-16-33)10-6-3-4-9-25-47-26-28-48(29-27-47)35-19-22-38-39(30-35)45(54)49(44(38)53)40-23-24-41(51)46-43(40)52/h17-22,30-33,40,50H,2-16,23-29H2,1H3,(H,46,51,52)/b42-37+. The zero-order valence-electron chi connectivity index (χ0n) is 32.3. The second kappa shape index (κ2) is 17.7. The van der Waals surface area contributed by atoms with Gasteiger partial charge >= 0.3 is 0 Å². The van der Waals surface area contributed by atoms with Crippen LogP contribution in [0.5, 0.6) is 5.75 Å². The first-order chi connectivity index (χ1) is 26.3. The number of anilines is 1. The number of piperidine rings is 1. The lowest BCUT2D eigenvalue weighted by Gasteiger charge is -2.36. The molecular weight excluding hydrogens is 677 g/mol. The van der Waals surface area contributed by atoms with E-state index in [0.717, 1.165) is 61.6 Å². The Morgan fingerprint density at radius 1 is 0.741 bits per heavy atom. The predicted octanol–water partition coefficient (Wildman–Crippen LogP) is 8.12. The van der Waals surface area contributed by atoms with Crippen LogP contribution in [-0.2, 0) is 9.59 Å². The van der Waals surface area contributed by atoms with Crippen LogP contribution in [0.4, 0.5) is 5.69 Å². The first kappa shape index (κ1) is 38.3. The highest BCUT2D eigenvalue weighted by atomic mass is 16.3. The lowest BCUT2D eigenvalue weighted by molar-refractivity contribution is -0.136. The van der Waals surface area contributed by atoms with Crippen LogP contribution in [-0.4, -0.2) is 77.3 Å². The zero-order valence-corrected chi connectivity index (χ0v) is 32.3. The van der Waals surface area contributed by atoms with Crippen LogP contribution < -0.4 is 10.2 Å². The molecule has 54 heavy (non-hydrogen) atoms. The van der Waals surface area contributed by atoms with E-state index in [4.69, 9.17) is 0 Å². The van der Waals surface area contributed by atoms with Gasteiger partial charge in [0, 0.05) is 38.3 Å². The van der Waals surface area contributed by atoms with Gasteiger partial charge in [0.05, 0.1) is 11.1 Å². The molecule has 2 saturated carbocycles. The zero-order chi connectivity index (χ0) is 37.6.